The zero-order valence-electron chi connectivity index (χ0n) is 12.9. The van der Waals surface area contributed by atoms with Crippen molar-refractivity contribution in [2.45, 2.75) is 12.8 Å². The molecule has 1 saturated carbocycles. The molecule has 1 aromatic heterocycles. The van der Waals surface area contributed by atoms with Gasteiger partial charge in [0.05, 0.1) is 0 Å². The van der Waals surface area contributed by atoms with Crippen LogP contribution >= 0.6 is 0 Å². The predicted octanol–water partition coefficient (Wildman–Crippen LogP) is 2.05. The van der Waals surface area contributed by atoms with E-state index in [1.807, 2.05) is 4.90 Å². The van der Waals surface area contributed by atoms with Crippen LogP contribution in [0.1, 0.15) is 23.2 Å². The van der Waals surface area contributed by atoms with Gasteiger partial charge in [-0.05, 0) is 42.7 Å². The van der Waals surface area contributed by atoms with Gasteiger partial charge in [0.15, 0.2) is 0 Å². The second kappa shape index (κ2) is 5.84. The van der Waals surface area contributed by atoms with Crippen molar-refractivity contribution in [3.63, 3.8) is 0 Å². The third kappa shape index (κ3) is 2.68. The zero-order valence-corrected chi connectivity index (χ0v) is 12.9. The van der Waals surface area contributed by atoms with Crippen LogP contribution in [-0.4, -0.2) is 53.4 Å². The summed E-state index contributed by atoms with van der Waals surface area (Å²) in [6.45, 7) is 4.92. The smallest absolute Gasteiger partial charge is 0.254 e. The van der Waals surface area contributed by atoms with Crippen molar-refractivity contribution in [2.24, 2.45) is 17.8 Å². The fraction of sp³-hybridized carbons (Fsp3) is 0.556. The summed E-state index contributed by atoms with van der Waals surface area (Å²) in [6.07, 6.45) is 11.0. The number of carbonyl (C=O) groups excluding carboxylic acids is 1. The van der Waals surface area contributed by atoms with E-state index in [4.69, 9.17) is 0 Å². The maximum atomic E-state index is 12.4. The Kier molecular flexibility index (Phi) is 3.70. The van der Waals surface area contributed by atoms with Gasteiger partial charge in [-0.2, -0.15) is 0 Å². The average Bonchev–Trinajstić information content (AvgIpc) is 3.19. The molecule has 2 heterocycles. The van der Waals surface area contributed by atoms with Crippen molar-refractivity contribution < 1.29 is 4.79 Å². The van der Waals surface area contributed by atoms with E-state index in [9.17, 15) is 4.79 Å². The van der Waals surface area contributed by atoms with E-state index in [1.165, 1.54) is 19.4 Å². The van der Waals surface area contributed by atoms with E-state index in [-0.39, 0.29) is 5.91 Å². The molecule has 4 heteroatoms. The molecule has 4 rings (SSSR count). The van der Waals surface area contributed by atoms with Gasteiger partial charge < -0.3 is 4.90 Å². The Morgan fingerprint density at radius 3 is 2.50 bits per heavy atom. The van der Waals surface area contributed by atoms with Crippen LogP contribution < -0.4 is 0 Å². The van der Waals surface area contributed by atoms with Crippen LogP contribution in [0.25, 0.3) is 0 Å². The van der Waals surface area contributed by atoms with Crippen LogP contribution in [0.15, 0.2) is 36.7 Å². The van der Waals surface area contributed by atoms with Crippen LogP contribution in [-0.2, 0) is 0 Å². The van der Waals surface area contributed by atoms with E-state index in [2.05, 4.69) is 22.0 Å². The summed E-state index contributed by atoms with van der Waals surface area (Å²) in [6, 6.07) is 3.60. The molecule has 1 amide bonds. The molecule has 3 atom stereocenters. The molecule has 1 saturated heterocycles. The number of pyridine rings is 1. The fourth-order valence-electron chi connectivity index (χ4n) is 4.25. The molecule has 4 nitrogen and oxygen atoms in total. The number of piperazine rings is 1. The molecule has 2 fully saturated rings. The molecule has 0 N–H and O–H groups in total. The predicted molar refractivity (Wildman–Crippen MR) is 85.4 cm³/mol. The van der Waals surface area contributed by atoms with E-state index >= 15 is 0 Å². The first-order valence-electron chi connectivity index (χ1n) is 8.39. The van der Waals surface area contributed by atoms with Crippen molar-refractivity contribution in [2.75, 3.05) is 32.7 Å². The van der Waals surface area contributed by atoms with Gasteiger partial charge in [-0.25, -0.2) is 0 Å². The van der Waals surface area contributed by atoms with E-state index in [1.54, 1.807) is 24.5 Å². The first-order chi connectivity index (χ1) is 10.8. The number of fused-ring (bicyclic) bond motifs is 2. The Morgan fingerprint density at radius 1 is 1.09 bits per heavy atom. The minimum atomic E-state index is 0.143. The van der Waals surface area contributed by atoms with Crippen molar-refractivity contribution in [1.29, 1.82) is 0 Å². The van der Waals surface area contributed by atoms with Gasteiger partial charge in [-0.3, -0.25) is 14.7 Å². The van der Waals surface area contributed by atoms with E-state index < -0.39 is 0 Å². The summed E-state index contributed by atoms with van der Waals surface area (Å²) < 4.78 is 0. The van der Waals surface area contributed by atoms with E-state index in [0.717, 1.165) is 49.5 Å². The van der Waals surface area contributed by atoms with Crippen molar-refractivity contribution in [3.05, 3.63) is 42.2 Å². The summed E-state index contributed by atoms with van der Waals surface area (Å²) >= 11 is 0. The standard InChI is InChI=1S/C18H23N3O/c22-18(15-3-5-19-6-4-15)21-9-7-20(8-10-21)13-17-12-14-1-2-16(17)11-14/h1-6,14,16-17H,7-13H2/t14-,16-,17+/m0/s1. The summed E-state index contributed by atoms with van der Waals surface area (Å²) in [5.41, 5.74) is 0.752. The third-order valence-corrected chi connectivity index (χ3v) is 5.50. The van der Waals surface area contributed by atoms with Gasteiger partial charge in [0.2, 0.25) is 0 Å². The highest BCUT2D eigenvalue weighted by Crippen LogP contribution is 2.43. The lowest BCUT2D eigenvalue weighted by Gasteiger charge is -2.37. The highest BCUT2D eigenvalue weighted by molar-refractivity contribution is 5.94. The Morgan fingerprint density at radius 2 is 1.86 bits per heavy atom. The first kappa shape index (κ1) is 13.9. The SMILES string of the molecule is O=C(c1ccncc1)N1CCN(C[C@H]2C[C@H]3C=C[C@H]2C3)CC1. The number of nitrogens with zero attached hydrogens (tertiary/aromatic N) is 3. The number of carbonyl (C=O) groups is 1. The quantitative estimate of drug-likeness (QED) is 0.801. The number of rotatable bonds is 3. The second-order valence-electron chi connectivity index (χ2n) is 6.87. The monoisotopic (exact) mass is 297 g/mol. The Bertz CT molecular complexity index is 563. The Labute approximate surface area is 131 Å². The number of hydrogen-bond acceptors (Lipinski definition) is 3. The fourth-order valence-corrected chi connectivity index (χ4v) is 4.25. The van der Waals surface area contributed by atoms with Crippen LogP contribution in [0.4, 0.5) is 0 Å². The molecule has 3 aliphatic rings. The van der Waals surface area contributed by atoms with Gasteiger partial charge >= 0.3 is 0 Å². The topological polar surface area (TPSA) is 36.4 Å². The number of aromatic nitrogens is 1. The molecule has 0 spiro atoms. The molecule has 1 aliphatic heterocycles. The molecular weight excluding hydrogens is 274 g/mol. The maximum Gasteiger partial charge on any atom is 0.254 e. The summed E-state index contributed by atoms with van der Waals surface area (Å²) in [5, 5.41) is 0. The number of hydrogen-bond donors (Lipinski definition) is 0. The first-order valence-corrected chi connectivity index (χ1v) is 8.39. The van der Waals surface area contributed by atoms with Crippen molar-refractivity contribution >= 4 is 5.91 Å². The second-order valence-corrected chi connectivity index (χ2v) is 6.87. The minimum Gasteiger partial charge on any atom is -0.336 e. The molecular formula is C18H23N3O. The van der Waals surface area contributed by atoms with Crippen LogP contribution in [0.2, 0.25) is 0 Å². The maximum absolute atomic E-state index is 12.4. The normalized spacial score (nSPS) is 30.9. The summed E-state index contributed by atoms with van der Waals surface area (Å²) in [4.78, 5) is 20.9. The van der Waals surface area contributed by atoms with Crippen LogP contribution in [0.5, 0.6) is 0 Å². The van der Waals surface area contributed by atoms with Crippen LogP contribution in [0, 0.1) is 17.8 Å². The third-order valence-electron chi connectivity index (χ3n) is 5.50. The summed E-state index contributed by atoms with van der Waals surface area (Å²) in [5.74, 6) is 2.66. The Balaban J connectivity index is 1.29. The average molecular weight is 297 g/mol. The van der Waals surface area contributed by atoms with Crippen molar-refractivity contribution in [3.8, 4) is 0 Å². The highest BCUT2D eigenvalue weighted by Gasteiger charge is 2.36. The van der Waals surface area contributed by atoms with Gasteiger partial charge in [0.1, 0.15) is 0 Å². The molecule has 0 aromatic carbocycles. The van der Waals surface area contributed by atoms with Gasteiger partial charge in [-0.1, -0.05) is 12.2 Å². The summed E-state index contributed by atoms with van der Waals surface area (Å²) in [7, 11) is 0. The Hall–Kier alpha value is -1.68. The molecule has 0 radical (unpaired) electrons. The molecule has 22 heavy (non-hydrogen) atoms. The zero-order chi connectivity index (χ0) is 14.9. The van der Waals surface area contributed by atoms with Gasteiger partial charge in [0.25, 0.3) is 5.91 Å². The van der Waals surface area contributed by atoms with Gasteiger partial charge in [0, 0.05) is 50.7 Å². The molecule has 0 unspecified atom stereocenters. The lowest BCUT2D eigenvalue weighted by Crippen LogP contribution is -2.50. The lowest BCUT2D eigenvalue weighted by molar-refractivity contribution is 0.0610. The molecule has 2 aliphatic carbocycles. The number of allylic oxidation sites excluding steroid dienone is 2. The minimum absolute atomic E-state index is 0.143. The number of amides is 1. The lowest BCUT2D eigenvalue weighted by atomic mass is 9.93. The largest absolute Gasteiger partial charge is 0.336 e. The highest BCUT2D eigenvalue weighted by atomic mass is 16.2. The molecule has 116 valence electrons. The molecule has 1 aromatic rings. The van der Waals surface area contributed by atoms with Gasteiger partial charge in [-0.15, -0.1) is 0 Å². The van der Waals surface area contributed by atoms with Crippen molar-refractivity contribution in [1.82, 2.24) is 14.8 Å². The van der Waals surface area contributed by atoms with Crippen LogP contribution in [0.3, 0.4) is 0 Å². The molecule has 2 bridgehead atoms. The van der Waals surface area contributed by atoms with E-state index in [0.29, 0.717) is 0 Å².